The molecule has 0 amide bonds. The summed E-state index contributed by atoms with van der Waals surface area (Å²) >= 11 is 0. The van der Waals surface area contributed by atoms with Gasteiger partial charge in [-0.2, -0.15) is 0 Å². The smallest absolute Gasteiger partial charge is 0.363 e. The van der Waals surface area contributed by atoms with Crippen LogP contribution in [-0.2, 0) is 27.2 Å². The Bertz CT molecular complexity index is 587. The lowest BCUT2D eigenvalue weighted by Gasteiger charge is -2.22. The SMILES string of the molecule is CCOP(=O)(OCC)c1ccc(N)c(P(=O)(OCC)OCC)c1. The van der Waals surface area contributed by atoms with Gasteiger partial charge >= 0.3 is 15.2 Å². The van der Waals surface area contributed by atoms with Crippen molar-refractivity contribution in [3.05, 3.63) is 18.2 Å². The van der Waals surface area contributed by atoms with Gasteiger partial charge in [0, 0.05) is 5.69 Å². The molecular weight excluding hydrogens is 340 g/mol. The fourth-order valence-electron chi connectivity index (χ4n) is 1.98. The maximum Gasteiger partial charge on any atom is 0.363 e. The summed E-state index contributed by atoms with van der Waals surface area (Å²) < 4.78 is 47.0. The van der Waals surface area contributed by atoms with Gasteiger partial charge in [-0.25, -0.2) is 0 Å². The van der Waals surface area contributed by atoms with Gasteiger partial charge in [-0.3, -0.25) is 9.13 Å². The third-order valence-corrected chi connectivity index (χ3v) is 7.10. The fourth-order valence-corrected chi connectivity index (χ4v) is 5.40. The van der Waals surface area contributed by atoms with E-state index >= 15 is 0 Å². The Balaban J connectivity index is 3.41. The molecule has 0 unspecified atom stereocenters. The van der Waals surface area contributed by atoms with Gasteiger partial charge in [-0.15, -0.1) is 0 Å². The Kier molecular flexibility index (Phi) is 7.95. The Hall–Kier alpha value is -0.680. The molecule has 0 heterocycles. The molecular formula is C14H25NO6P2. The minimum atomic E-state index is -3.60. The Labute approximate surface area is 137 Å². The normalized spacial score (nSPS) is 12.5. The van der Waals surface area contributed by atoms with Crippen LogP contribution in [0.15, 0.2) is 18.2 Å². The molecule has 0 aliphatic rings. The van der Waals surface area contributed by atoms with Crippen LogP contribution >= 0.6 is 15.2 Å². The van der Waals surface area contributed by atoms with Crippen molar-refractivity contribution in [1.82, 2.24) is 0 Å². The summed E-state index contributed by atoms with van der Waals surface area (Å²) in [5.41, 5.74) is 6.16. The van der Waals surface area contributed by atoms with E-state index in [1.807, 2.05) is 0 Å². The minimum absolute atomic E-state index is 0.165. The standard InChI is InChI=1S/C14H25NO6P2/c1-5-18-22(16,19-6-2)12-9-10-13(15)14(11-12)23(17,20-7-3)21-8-4/h9-11H,5-8,15H2,1-4H3. The van der Waals surface area contributed by atoms with Gasteiger partial charge in [-0.1, -0.05) is 0 Å². The molecule has 1 aromatic rings. The monoisotopic (exact) mass is 365 g/mol. The van der Waals surface area contributed by atoms with E-state index in [0.717, 1.165) is 0 Å². The van der Waals surface area contributed by atoms with E-state index in [2.05, 4.69) is 0 Å². The first-order valence-corrected chi connectivity index (χ1v) is 10.6. The van der Waals surface area contributed by atoms with E-state index in [-0.39, 0.29) is 42.7 Å². The first kappa shape index (κ1) is 20.4. The highest BCUT2D eigenvalue weighted by atomic mass is 31.2. The zero-order valence-corrected chi connectivity index (χ0v) is 15.8. The summed E-state index contributed by atoms with van der Waals surface area (Å²) in [5, 5.41) is 0.434. The van der Waals surface area contributed by atoms with Crippen LogP contribution in [0.2, 0.25) is 0 Å². The van der Waals surface area contributed by atoms with Gasteiger partial charge in [0.1, 0.15) is 0 Å². The van der Waals surface area contributed by atoms with Crippen molar-refractivity contribution in [2.24, 2.45) is 0 Å². The maximum atomic E-state index is 12.9. The maximum absolute atomic E-state index is 12.9. The zero-order chi connectivity index (χ0) is 17.5. The summed E-state index contributed by atoms with van der Waals surface area (Å²) in [5.74, 6) is 0. The van der Waals surface area contributed by atoms with Crippen LogP contribution in [0.3, 0.4) is 0 Å². The molecule has 9 heteroatoms. The van der Waals surface area contributed by atoms with E-state index < -0.39 is 15.2 Å². The van der Waals surface area contributed by atoms with Gasteiger partial charge in [-0.05, 0) is 45.9 Å². The van der Waals surface area contributed by atoms with Crippen molar-refractivity contribution in [2.45, 2.75) is 27.7 Å². The van der Waals surface area contributed by atoms with E-state index in [9.17, 15) is 9.13 Å². The van der Waals surface area contributed by atoms with Crippen molar-refractivity contribution in [3.8, 4) is 0 Å². The average molecular weight is 365 g/mol. The first-order valence-electron chi connectivity index (χ1n) is 7.55. The Morgan fingerprint density at radius 1 is 0.826 bits per heavy atom. The molecule has 0 aliphatic heterocycles. The Morgan fingerprint density at radius 2 is 1.26 bits per heavy atom. The van der Waals surface area contributed by atoms with Gasteiger partial charge < -0.3 is 23.8 Å². The molecule has 0 radical (unpaired) electrons. The minimum Gasteiger partial charge on any atom is -0.398 e. The number of nitrogen functional groups attached to an aromatic ring is 1. The van der Waals surface area contributed by atoms with Crippen molar-refractivity contribution in [3.63, 3.8) is 0 Å². The van der Waals surface area contributed by atoms with Crippen LogP contribution in [0, 0.1) is 0 Å². The average Bonchev–Trinajstić information content (AvgIpc) is 2.48. The molecule has 0 spiro atoms. The molecule has 0 aromatic heterocycles. The van der Waals surface area contributed by atoms with Crippen LogP contribution < -0.4 is 16.3 Å². The lowest BCUT2D eigenvalue weighted by Crippen LogP contribution is -2.21. The zero-order valence-electron chi connectivity index (χ0n) is 14.0. The van der Waals surface area contributed by atoms with Crippen molar-refractivity contribution < 1.29 is 27.2 Å². The fraction of sp³-hybridized carbons (Fsp3) is 0.571. The van der Waals surface area contributed by atoms with Crippen molar-refractivity contribution in [1.29, 1.82) is 0 Å². The lowest BCUT2D eigenvalue weighted by atomic mass is 10.3. The van der Waals surface area contributed by atoms with Gasteiger partial charge in [0.2, 0.25) is 0 Å². The first-order chi connectivity index (χ1) is 10.9. The molecule has 0 saturated heterocycles. The molecule has 0 bridgehead atoms. The van der Waals surface area contributed by atoms with E-state index in [1.54, 1.807) is 27.7 Å². The highest BCUT2D eigenvalue weighted by Gasteiger charge is 2.33. The molecule has 7 nitrogen and oxygen atoms in total. The number of hydrogen-bond donors (Lipinski definition) is 1. The second-order valence-electron chi connectivity index (χ2n) is 4.41. The highest BCUT2D eigenvalue weighted by Crippen LogP contribution is 2.51. The summed E-state index contributed by atoms with van der Waals surface area (Å²) in [6.45, 7) is 7.65. The van der Waals surface area contributed by atoms with Crippen LogP contribution in [0.25, 0.3) is 0 Å². The Morgan fingerprint density at radius 3 is 1.70 bits per heavy atom. The molecule has 0 atom stereocenters. The van der Waals surface area contributed by atoms with Crippen LogP contribution in [-0.4, -0.2) is 26.4 Å². The number of benzene rings is 1. The molecule has 0 aliphatic carbocycles. The molecule has 1 aromatic carbocycles. The van der Waals surface area contributed by atoms with Crippen LogP contribution in [0.4, 0.5) is 5.69 Å². The van der Waals surface area contributed by atoms with Gasteiger partial charge in [0.15, 0.2) is 0 Å². The largest absolute Gasteiger partial charge is 0.398 e. The van der Waals surface area contributed by atoms with Crippen molar-refractivity contribution in [2.75, 3.05) is 32.2 Å². The summed E-state index contributed by atoms with van der Waals surface area (Å²) in [6.07, 6.45) is 0. The molecule has 0 fully saturated rings. The molecule has 132 valence electrons. The van der Waals surface area contributed by atoms with Gasteiger partial charge in [0.05, 0.1) is 37.0 Å². The number of hydrogen-bond acceptors (Lipinski definition) is 7. The van der Waals surface area contributed by atoms with E-state index in [0.29, 0.717) is 0 Å². The second-order valence-corrected chi connectivity index (χ2v) is 8.43. The number of anilines is 1. The van der Waals surface area contributed by atoms with Crippen molar-refractivity contribution >= 4 is 31.5 Å². The van der Waals surface area contributed by atoms with E-state index in [1.165, 1.54) is 18.2 Å². The molecule has 2 N–H and O–H groups in total. The van der Waals surface area contributed by atoms with Crippen LogP contribution in [0.1, 0.15) is 27.7 Å². The van der Waals surface area contributed by atoms with E-state index in [4.69, 9.17) is 23.8 Å². The summed E-state index contributed by atoms with van der Waals surface area (Å²) in [6, 6.07) is 4.46. The quantitative estimate of drug-likeness (QED) is 0.503. The number of rotatable bonds is 10. The summed E-state index contributed by atoms with van der Waals surface area (Å²) in [7, 11) is -7.11. The second kappa shape index (κ2) is 8.97. The molecule has 23 heavy (non-hydrogen) atoms. The van der Waals surface area contributed by atoms with Gasteiger partial charge in [0.25, 0.3) is 0 Å². The summed E-state index contributed by atoms with van der Waals surface area (Å²) in [4.78, 5) is 0. The highest BCUT2D eigenvalue weighted by molar-refractivity contribution is 7.64. The third-order valence-electron chi connectivity index (χ3n) is 2.82. The van der Waals surface area contributed by atoms with Crippen LogP contribution in [0.5, 0.6) is 0 Å². The predicted octanol–water partition coefficient (Wildman–Crippen LogP) is 3.05. The molecule has 0 saturated carbocycles. The number of nitrogens with two attached hydrogens (primary N) is 1. The third kappa shape index (κ3) is 4.90. The lowest BCUT2D eigenvalue weighted by molar-refractivity contribution is 0.230. The molecule has 1 rings (SSSR count). The predicted molar refractivity (Wildman–Crippen MR) is 91.8 cm³/mol. The topological polar surface area (TPSA) is 97.1 Å².